The van der Waals surface area contributed by atoms with Gasteiger partial charge in [-0.25, -0.2) is 4.79 Å². The summed E-state index contributed by atoms with van der Waals surface area (Å²) in [6.45, 7) is 1.41. The molecule has 2 rings (SSSR count). The molecule has 0 spiro atoms. The van der Waals surface area contributed by atoms with Gasteiger partial charge in [0.1, 0.15) is 0 Å². The van der Waals surface area contributed by atoms with Gasteiger partial charge < -0.3 is 15.8 Å². The molecule has 0 bridgehead atoms. The first-order valence-corrected chi connectivity index (χ1v) is 7.90. The van der Waals surface area contributed by atoms with Gasteiger partial charge in [-0.05, 0) is 24.6 Å². The molecule has 2 aromatic carbocycles. The predicted molar refractivity (Wildman–Crippen MR) is 94.2 cm³/mol. The van der Waals surface area contributed by atoms with Crippen molar-refractivity contribution in [1.82, 2.24) is 5.32 Å². The highest BCUT2D eigenvalue weighted by atomic mass is 35.5. The Morgan fingerprint density at radius 2 is 1.88 bits per heavy atom. The van der Waals surface area contributed by atoms with E-state index in [2.05, 4.69) is 5.32 Å². The molecule has 0 aromatic heterocycles. The first kappa shape index (κ1) is 18.1. The van der Waals surface area contributed by atoms with Crippen LogP contribution in [0.1, 0.15) is 28.9 Å². The number of esters is 1. The largest absolute Gasteiger partial charge is 0.452 e. The van der Waals surface area contributed by atoms with E-state index in [-0.39, 0.29) is 27.3 Å². The molecule has 0 heterocycles. The van der Waals surface area contributed by atoms with Crippen LogP contribution in [0.15, 0.2) is 42.5 Å². The van der Waals surface area contributed by atoms with Gasteiger partial charge in [-0.1, -0.05) is 53.5 Å². The van der Waals surface area contributed by atoms with E-state index in [9.17, 15) is 9.59 Å². The van der Waals surface area contributed by atoms with Crippen molar-refractivity contribution < 1.29 is 14.3 Å². The molecule has 0 saturated heterocycles. The van der Waals surface area contributed by atoms with Crippen LogP contribution in [0.25, 0.3) is 0 Å². The third-order valence-corrected chi connectivity index (χ3v) is 3.86. The highest BCUT2D eigenvalue weighted by molar-refractivity contribution is 6.37. The van der Waals surface area contributed by atoms with E-state index in [1.54, 1.807) is 0 Å². The summed E-state index contributed by atoms with van der Waals surface area (Å²) in [6, 6.07) is 12.0. The average molecular weight is 367 g/mol. The van der Waals surface area contributed by atoms with Crippen molar-refractivity contribution in [3.8, 4) is 0 Å². The Balaban J connectivity index is 1.93. The van der Waals surface area contributed by atoms with Crippen molar-refractivity contribution >= 4 is 40.8 Å². The van der Waals surface area contributed by atoms with Gasteiger partial charge in [-0.3, -0.25) is 4.79 Å². The number of rotatable bonds is 5. The number of nitrogens with two attached hydrogens (primary N) is 1. The van der Waals surface area contributed by atoms with Crippen molar-refractivity contribution in [3.63, 3.8) is 0 Å². The van der Waals surface area contributed by atoms with E-state index in [4.69, 9.17) is 33.7 Å². The number of nitrogen functional groups attached to an aromatic ring is 1. The van der Waals surface area contributed by atoms with Crippen molar-refractivity contribution in [3.05, 3.63) is 63.6 Å². The van der Waals surface area contributed by atoms with Crippen molar-refractivity contribution in [2.45, 2.75) is 13.0 Å². The second-order valence-electron chi connectivity index (χ2n) is 5.12. The van der Waals surface area contributed by atoms with Crippen molar-refractivity contribution in [2.75, 3.05) is 12.3 Å². The molecule has 0 aliphatic rings. The van der Waals surface area contributed by atoms with Gasteiger partial charge in [-0.2, -0.15) is 0 Å². The SMILES string of the molecule is CC(NC(=O)COC(=O)c1cc(Cl)cc(Cl)c1N)c1ccccc1. The minimum absolute atomic E-state index is 0.0245. The molecule has 1 amide bonds. The van der Waals surface area contributed by atoms with Gasteiger partial charge in [0.05, 0.1) is 22.3 Å². The maximum absolute atomic E-state index is 12.0. The van der Waals surface area contributed by atoms with Gasteiger partial charge in [0, 0.05) is 5.02 Å². The molecule has 0 aliphatic carbocycles. The molecule has 0 radical (unpaired) electrons. The molecule has 7 heteroatoms. The summed E-state index contributed by atoms with van der Waals surface area (Å²) in [4.78, 5) is 23.9. The number of hydrogen-bond donors (Lipinski definition) is 2. The molecular weight excluding hydrogens is 351 g/mol. The second kappa shape index (κ2) is 8.04. The summed E-state index contributed by atoms with van der Waals surface area (Å²) in [5.74, 6) is -1.19. The molecule has 1 atom stereocenters. The molecule has 0 aliphatic heterocycles. The van der Waals surface area contributed by atoms with Crippen LogP contribution in [0.3, 0.4) is 0 Å². The summed E-state index contributed by atoms with van der Waals surface area (Å²) >= 11 is 11.7. The molecule has 126 valence electrons. The van der Waals surface area contributed by atoms with E-state index in [1.807, 2.05) is 37.3 Å². The Bertz CT molecular complexity index is 751. The first-order chi connectivity index (χ1) is 11.4. The van der Waals surface area contributed by atoms with Crippen LogP contribution in [-0.4, -0.2) is 18.5 Å². The fourth-order valence-corrected chi connectivity index (χ4v) is 2.56. The number of benzene rings is 2. The lowest BCUT2D eigenvalue weighted by molar-refractivity contribution is -0.124. The summed E-state index contributed by atoms with van der Waals surface area (Å²) in [5.41, 5.74) is 6.75. The molecule has 0 saturated carbocycles. The number of hydrogen-bond acceptors (Lipinski definition) is 4. The maximum Gasteiger partial charge on any atom is 0.340 e. The molecule has 5 nitrogen and oxygen atoms in total. The van der Waals surface area contributed by atoms with Crippen LogP contribution < -0.4 is 11.1 Å². The Labute approximate surface area is 149 Å². The Hall–Kier alpha value is -2.24. The van der Waals surface area contributed by atoms with E-state index in [0.717, 1.165) is 5.56 Å². The number of carbonyl (C=O) groups excluding carboxylic acids is 2. The first-order valence-electron chi connectivity index (χ1n) is 7.14. The Morgan fingerprint density at radius 3 is 2.54 bits per heavy atom. The van der Waals surface area contributed by atoms with E-state index in [0.29, 0.717) is 0 Å². The fraction of sp³-hybridized carbons (Fsp3) is 0.176. The van der Waals surface area contributed by atoms with Crippen LogP contribution in [0.4, 0.5) is 5.69 Å². The topological polar surface area (TPSA) is 81.4 Å². The standard InChI is InChI=1S/C17H16Cl2N2O3/c1-10(11-5-3-2-4-6-11)21-15(22)9-24-17(23)13-7-12(18)8-14(19)16(13)20/h2-8,10H,9,20H2,1H3,(H,21,22). The van der Waals surface area contributed by atoms with Crippen LogP contribution in [0.2, 0.25) is 10.0 Å². The smallest absolute Gasteiger partial charge is 0.340 e. The zero-order valence-electron chi connectivity index (χ0n) is 12.9. The molecule has 2 aromatic rings. The maximum atomic E-state index is 12.0. The van der Waals surface area contributed by atoms with Gasteiger partial charge in [-0.15, -0.1) is 0 Å². The number of carbonyl (C=O) groups is 2. The Morgan fingerprint density at radius 1 is 1.21 bits per heavy atom. The Kier molecular flexibility index (Phi) is 6.06. The third-order valence-electron chi connectivity index (χ3n) is 3.33. The quantitative estimate of drug-likeness (QED) is 0.625. The normalized spacial score (nSPS) is 11.6. The third kappa shape index (κ3) is 4.63. The predicted octanol–water partition coefficient (Wildman–Crippen LogP) is 3.61. The number of halogens is 2. The van der Waals surface area contributed by atoms with Gasteiger partial charge >= 0.3 is 5.97 Å². The van der Waals surface area contributed by atoms with E-state index in [1.165, 1.54) is 12.1 Å². The fourth-order valence-electron chi connectivity index (χ4n) is 2.07. The monoisotopic (exact) mass is 366 g/mol. The zero-order valence-corrected chi connectivity index (χ0v) is 14.4. The minimum Gasteiger partial charge on any atom is -0.452 e. The lowest BCUT2D eigenvalue weighted by atomic mass is 10.1. The summed E-state index contributed by atoms with van der Waals surface area (Å²) in [5, 5.41) is 3.14. The van der Waals surface area contributed by atoms with Crippen molar-refractivity contribution in [2.24, 2.45) is 0 Å². The minimum atomic E-state index is -0.764. The molecule has 0 fully saturated rings. The lowest BCUT2D eigenvalue weighted by Gasteiger charge is -2.14. The molecule has 24 heavy (non-hydrogen) atoms. The molecule has 1 unspecified atom stereocenters. The van der Waals surface area contributed by atoms with Crippen molar-refractivity contribution in [1.29, 1.82) is 0 Å². The highest BCUT2D eigenvalue weighted by Crippen LogP contribution is 2.28. The average Bonchev–Trinajstić information content (AvgIpc) is 2.56. The second-order valence-corrected chi connectivity index (χ2v) is 5.97. The van der Waals surface area contributed by atoms with E-state index < -0.39 is 18.5 Å². The summed E-state index contributed by atoms with van der Waals surface area (Å²) < 4.78 is 4.97. The lowest BCUT2D eigenvalue weighted by Crippen LogP contribution is -2.31. The number of ether oxygens (including phenoxy) is 1. The highest BCUT2D eigenvalue weighted by Gasteiger charge is 2.17. The summed E-state index contributed by atoms with van der Waals surface area (Å²) in [6.07, 6.45) is 0. The molecule has 3 N–H and O–H groups in total. The zero-order chi connectivity index (χ0) is 17.7. The van der Waals surface area contributed by atoms with Crippen LogP contribution in [-0.2, 0) is 9.53 Å². The van der Waals surface area contributed by atoms with Gasteiger partial charge in [0.2, 0.25) is 0 Å². The number of nitrogens with one attached hydrogen (secondary N) is 1. The number of anilines is 1. The van der Waals surface area contributed by atoms with Gasteiger partial charge in [0.25, 0.3) is 5.91 Å². The summed E-state index contributed by atoms with van der Waals surface area (Å²) in [7, 11) is 0. The van der Waals surface area contributed by atoms with E-state index >= 15 is 0 Å². The van der Waals surface area contributed by atoms with Crippen LogP contribution in [0.5, 0.6) is 0 Å². The molecular formula is C17H16Cl2N2O3. The van der Waals surface area contributed by atoms with Gasteiger partial charge in [0.15, 0.2) is 6.61 Å². The number of amides is 1. The van der Waals surface area contributed by atoms with Crippen LogP contribution in [0, 0.1) is 0 Å². The van der Waals surface area contributed by atoms with Crippen LogP contribution >= 0.6 is 23.2 Å².